The maximum atomic E-state index is 11.3. The SMILES string of the molecule is C=CCNC(=O)COCC1(N)CCCCCC1. The first-order chi connectivity index (χ1) is 8.16. The fourth-order valence-corrected chi connectivity index (χ4v) is 2.16. The summed E-state index contributed by atoms with van der Waals surface area (Å²) < 4.78 is 5.42. The molecule has 1 saturated carbocycles. The monoisotopic (exact) mass is 240 g/mol. The first-order valence-corrected chi connectivity index (χ1v) is 6.40. The topological polar surface area (TPSA) is 64.3 Å². The van der Waals surface area contributed by atoms with E-state index >= 15 is 0 Å². The van der Waals surface area contributed by atoms with E-state index < -0.39 is 0 Å². The van der Waals surface area contributed by atoms with E-state index in [-0.39, 0.29) is 18.1 Å². The van der Waals surface area contributed by atoms with Crippen molar-refractivity contribution in [1.82, 2.24) is 5.32 Å². The Balaban J connectivity index is 2.19. The number of hydrogen-bond acceptors (Lipinski definition) is 3. The number of amides is 1. The van der Waals surface area contributed by atoms with Gasteiger partial charge in [-0.15, -0.1) is 6.58 Å². The molecule has 98 valence electrons. The number of nitrogens with two attached hydrogens (primary N) is 1. The van der Waals surface area contributed by atoms with Gasteiger partial charge in [-0.05, 0) is 12.8 Å². The van der Waals surface area contributed by atoms with E-state index in [0.29, 0.717) is 13.2 Å². The van der Waals surface area contributed by atoms with Crippen molar-refractivity contribution >= 4 is 5.91 Å². The molecule has 0 bridgehead atoms. The van der Waals surface area contributed by atoms with E-state index in [0.717, 1.165) is 12.8 Å². The van der Waals surface area contributed by atoms with Gasteiger partial charge in [-0.3, -0.25) is 4.79 Å². The van der Waals surface area contributed by atoms with Crippen LogP contribution in [0.4, 0.5) is 0 Å². The summed E-state index contributed by atoms with van der Waals surface area (Å²) in [5.74, 6) is -0.109. The van der Waals surface area contributed by atoms with Gasteiger partial charge in [0.25, 0.3) is 0 Å². The van der Waals surface area contributed by atoms with E-state index in [1.165, 1.54) is 25.7 Å². The van der Waals surface area contributed by atoms with Crippen LogP contribution in [0.1, 0.15) is 38.5 Å². The molecule has 0 aromatic heterocycles. The Hall–Kier alpha value is -0.870. The van der Waals surface area contributed by atoms with Gasteiger partial charge in [0.1, 0.15) is 6.61 Å². The van der Waals surface area contributed by atoms with Crippen LogP contribution in [0.15, 0.2) is 12.7 Å². The highest BCUT2D eigenvalue weighted by Gasteiger charge is 2.26. The van der Waals surface area contributed by atoms with Gasteiger partial charge < -0.3 is 15.8 Å². The number of hydrogen-bond donors (Lipinski definition) is 2. The van der Waals surface area contributed by atoms with Gasteiger partial charge in [0.15, 0.2) is 0 Å². The number of carbonyl (C=O) groups is 1. The molecule has 3 N–H and O–H groups in total. The van der Waals surface area contributed by atoms with Crippen molar-refractivity contribution in [3.8, 4) is 0 Å². The molecule has 0 aliphatic heterocycles. The van der Waals surface area contributed by atoms with Crippen molar-refractivity contribution in [1.29, 1.82) is 0 Å². The molecule has 0 spiro atoms. The zero-order valence-electron chi connectivity index (χ0n) is 10.5. The highest BCUT2D eigenvalue weighted by Crippen LogP contribution is 2.24. The minimum absolute atomic E-state index is 0.0901. The Labute approximate surface area is 104 Å². The molecule has 1 amide bonds. The number of carbonyl (C=O) groups excluding carboxylic acids is 1. The molecule has 0 atom stereocenters. The standard InChI is InChI=1S/C13H24N2O2/c1-2-9-15-12(16)10-17-11-13(14)7-5-3-4-6-8-13/h2H,1,3-11,14H2,(H,15,16). The lowest BCUT2D eigenvalue weighted by molar-refractivity contribution is -0.126. The number of nitrogens with one attached hydrogen (secondary N) is 1. The molecule has 4 nitrogen and oxygen atoms in total. The molecule has 0 aromatic rings. The van der Waals surface area contributed by atoms with Crippen LogP contribution in [0.2, 0.25) is 0 Å². The average molecular weight is 240 g/mol. The first kappa shape index (κ1) is 14.2. The van der Waals surface area contributed by atoms with Crippen molar-refractivity contribution < 1.29 is 9.53 Å². The summed E-state index contributed by atoms with van der Waals surface area (Å²) in [6.45, 7) is 4.59. The van der Waals surface area contributed by atoms with Gasteiger partial charge in [0.05, 0.1) is 6.61 Å². The van der Waals surface area contributed by atoms with Gasteiger partial charge in [-0.2, -0.15) is 0 Å². The minimum atomic E-state index is -0.227. The van der Waals surface area contributed by atoms with Crippen LogP contribution in [-0.4, -0.2) is 31.2 Å². The Morgan fingerprint density at radius 1 is 1.35 bits per heavy atom. The van der Waals surface area contributed by atoms with Crippen LogP contribution in [0.5, 0.6) is 0 Å². The summed E-state index contributed by atoms with van der Waals surface area (Å²) in [4.78, 5) is 11.3. The molecular formula is C13H24N2O2. The molecule has 0 saturated heterocycles. The molecule has 1 aliphatic carbocycles. The summed E-state index contributed by atoms with van der Waals surface area (Å²) in [7, 11) is 0. The van der Waals surface area contributed by atoms with Crippen LogP contribution < -0.4 is 11.1 Å². The van der Waals surface area contributed by atoms with E-state index in [2.05, 4.69) is 11.9 Å². The van der Waals surface area contributed by atoms with Crippen LogP contribution in [0, 0.1) is 0 Å². The van der Waals surface area contributed by atoms with Crippen LogP contribution in [0.3, 0.4) is 0 Å². The zero-order chi connectivity index (χ0) is 12.6. The number of rotatable bonds is 6. The highest BCUT2D eigenvalue weighted by molar-refractivity contribution is 5.77. The molecule has 0 heterocycles. The third-order valence-electron chi connectivity index (χ3n) is 3.17. The van der Waals surface area contributed by atoms with Crippen LogP contribution in [0.25, 0.3) is 0 Å². The molecular weight excluding hydrogens is 216 g/mol. The van der Waals surface area contributed by atoms with E-state index in [1.807, 2.05) is 0 Å². The Bertz CT molecular complexity index is 246. The Kier molecular flexibility index (Phi) is 6.22. The maximum absolute atomic E-state index is 11.3. The summed E-state index contributed by atoms with van der Waals surface area (Å²) >= 11 is 0. The quantitative estimate of drug-likeness (QED) is 0.544. The average Bonchev–Trinajstić information content (AvgIpc) is 2.52. The summed E-state index contributed by atoms with van der Waals surface area (Å²) in [6, 6.07) is 0. The fraction of sp³-hybridized carbons (Fsp3) is 0.769. The Morgan fingerprint density at radius 3 is 2.59 bits per heavy atom. The van der Waals surface area contributed by atoms with Crippen molar-refractivity contribution in [2.75, 3.05) is 19.8 Å². The van der Waals surface area contributed by atoms with E-state index in [1.54, 1.807) is 6.08 Å². The maximum Gasteiger partial charge on any atom is 0.246 e. The van der Waals surface area contributed by atoms with E-state index in [9.17, 15) is 4.79 Å². The van der Waals surface area contributed by atoms with Crippen molar-refractivity contribution in [3.63, 3.8) is 0 Å². The lowest BCUT2D eigenvalue weighted by Crippen LogP contribution is -2.44. The third-order valence-corrected chi connectivity index (χ3v) is 3.17. The molecule has 0 unspecified atom stereocenters. The van der Waals surface area contributed by atoms with Gasteiger partial charge >= 0.3 is 0 Å². The van der Waals surface area contributed by atoms with Gasteiger partial charge in [0.2, 0.25) is 5.91 Å². The molecule has 0 aromatic carbocycles. The Morgan fingerprint density at radius 2 is 2.00 bits per heavy atom. The van der Waals surface area contributed by atoms with Crippen molar-refractivity contribution in [2.24, 2.45) is 5.73 Å². The molecule has 17 heavy (non-hydrogen) atoms. The largest absolute Gasteiger partial charge is 0.370 e. The van der Waals surface area contributed by atoms with Gasteiger partial charge in [-0.25, -0.2) is 0 Å². The zero-order valence-corrected chi connectivity index (χ0v) is 10.5. The second-order valence-electron chi connectivity index (χ2n) is 4.86. The summed E-state index contributed by atoms with van der Waals surface area (Å²) in [5.41, 5.74) is 6.05. The van der Waals surface area contributed by atoms with Gasteiger partial charge in [0, 0.05) is 12.1 Å². The summed E-state index contributed by atoms with van der Waals surface area (Å²) in [6.07, 6.45) is 8.51. The third kappa shape index (κ3) is 5.84. The fourth-order valence-electron chi connectivity index (χ4n) is 2.16. The van der Waals surface area contributed by atoms with Crippen molar-refractivity contribution in [2.45, 2.75) is 44.1 Å². The van der Waals surface area contributed by atoms with Crippen LogP contribution in [-0.2, 0) is 9.53 Å². The predicted octanol–water partition coefficient (Wildman–Crippen LogP) is 1.36. The number of ether oxygens (including phenoxy) is 1. The second kappa shape index (κ2) is 7.45. The van der Waals surface area contributed by atoms with Crippen LogP contribution >= 0.6 is 0 Å². The lowest BCUT2D eigenvalue weighted by atomic mass is 9.93. The van der Waals surface area contributed by atoms with Gasteiger partial charge in [-0.1, -0.05) is 31.8 Å². The molecule has 1 fully saturated rings. The predicted molar refractivity (Wildman–Crippen MR) is 68.6 cm³/mol. The highest BCUT2D eigenvalue weighted by atomic mass is 16.5. The van der Waals surface area contributed by atoms with E-state index in [4.69, 9.17) is 10.5 Å². The molecule has 1 rings (SSSR count). The summed E-state index contributed by atoms with van der Waals surface area (Å²) in [5, 5.41) is 2.67. The lowest BCUT2D eigenvalue weighted by Gasteiger charge is -2.27. The normalized spacial score (nSPS) is 19.4. The second-order valence-corrected chi connectivity index (χ2v) is 4.86. The first-order valence-electron chi connectivity index (χ1n) is 6.40. The van der Waals surface area contributed by atoms with Crippen molar-refractivity contribution in [3.05, 3.63) is 12.7 Å². The molecule has 4 heteroatoms. The minimum Gasteiger partial charge on any atom is -0.370 e. The molecule has 0 radical (unpaired) electrons. The molecule has 1 aliphatic rings. The smallest absolute Gasteiger partial charge is 0.246 e.